The zero-order chi connectivity index (χ0) is 43.2. The van der Waals surface area contributed by atoms with E-state index in [1.54, 1.807) is 5.01 Å². The molecule has 1 amide bonds. The summed E-state index contributed by atoms with van der Waals surface area (Å²) in [5.41, 5.74) is 2.27. The van der Waals surface area contributed by atoms with Gasteiger partial charge in [-0.25, -0.2) is 9.80 Å². The van der Waals surface area contributed by atoms with E-state index in [9.17, 15) is 40.2 Å². The Morgan fingerprint density at radius 2 is 1.57 bits per heavy atom. The van der Waals surface area contributed by atoms with Crippen molar-refractivity contribution in [2.45, 2.75) is 178 Å². The Hall–Kier alpha value is -1.58. The number of nitrogens with one attached hydrogen (secondary N) is 1. The van der Waals surface area contributed by atoms with E-state index in [1.165, 1.54) is 0 Å². The van der Waals surface area contributed by atoms with Crippen LogP contribution in [0.1, 0.15) is 98.3 Å². The van der Waals surface area contributed by atoms with E-state index >= 15 is 0 Å². The maximum absolute atomic E-state index is 14.6. The molecule has 0 radical (unpaired) electrons. The van der Waals surface area contributed by atoms with Gasteiger partial charge in [-0.15, -0.1) is 0 Å². The molecule has 4 saturated carbocycles. The highest BCUT2D eigenvalue weighted by Gasteiger charge is 2.71. The molecule has 9 fully saturated rings. The summed E-state index contributed by atoms with van der Waals surface area (Å²) in [5, 5.41) is 66.8. The summed E-state index contributed by atoms with van der Waals surface area (Å²) >= 11 is 0. The van der Waals surface area contributed by atoms with Gasteiger partial charge in [0.05, 0.1) is 25.4 Å². The van der Waals surface area contributed by atoms with Crippen LogP contribution in [0.2, 0.25) is 0 Å². The molecule has 1 spiro atoms. The van der Waals surface area contributed by atoms with E-state index in [-0.39, 0.29) is 40.8 Å². The number of hydrogen-bond acceptors (Lipinski definition) is 16. The third-order valence-electron chi connectivity index (χ3n) is 17.4. The van der Waals surface area contributed by atoms with Gasteiger partial charge in [0.25, 0.3) is 0 Å². The van der Waals surface area contributed by atoms with E-state index in [0.29, 0.717) is 61.8 Å². The Morgan fingerprint density at radius 1 is 0.852 bits per heavy atom. The van der Waals surface area contributed by atoms with E-state index in [4.69, 9.17) is 33.2 Å². The van der Waals surface area contributed by atoms with E-state index in [0.717, 1.165) is 58.0 Å². The molecule has 9 rings (SSSR count). The monoisotopic (exact) mass is 866 g/mol. The largest absolute Gasteiger partial charge is 0.446 e. The lowest BCUT2D eigenvalue weighted by Gasteiger charge is -2.60. The summed E-state index contributed by atoms with van der Waals surface area (Å²) in [5.74, 6) is 1.81. The van der Waals surface area contributed by atoms with Gasteiger partial charge < -0.3 is 63.8 Å². The van der Waals surface area contributed by atoms with Crippen molar-refractivity contribution in [3.8, 4) is 0 Å². The molecule has 4 aliphatic carbocycles. The van der Waals surface area contributed by atoms with Crippen LogP contribution in [0.15, 0.2) is 0 Å². The van der Waals surface area contributed by atoms with E-state index < -0.39 is 86.5 Å². The van der Waals surface area contributed by atoms with Crippen LogP contribution in [-0.2, 0) is 38.0 Å². The van der Waals surface area contributed by atoms with Crippen LogP contribution in [0.5, 0.6) is 0 Å². The van der Waals surface area contributed by atoms with Crippen molar-refractivity contribution in [2.75, 3.05) is 32.9 Å². The quantitative estimate of drug-likeness (QED) is 0.171. The lowest BCUT2D eigenvalue weighted by atomic mass is 9.44. The van der Waals surface area contributed by atoms with E-state index in [1.807, 2.05) is 0 Å². The molecule has 346 valence electrons. The summed E-state index contributed by atoms with van der Waals surface area (Å²) < 4.78 is 42.6. The molecule has 5 heterocycles. The van der Waals surface area contributed by atoms with Crippen LogP contribution in [0.4, 0.5) is 4.79 Å². The molecule has 0 aromatic carbocycles. The van der Waals surface area contributed by atoms with Gasteiger partial charge in [0.1, 0.15) is 61.2 Å². The molecule has 61 heavy (non-hydrogen) atoms. The average Bonchev–Trinajstić information content (AvgIpc) is 3.92. The molecule has 17 nitrogen and oxygen atoms in total. The summed E-state index contributed by atoms with van der Waals surface area (Å²) in [6, 6.07) is 0. The second kappa shape index (κ2) is 17.0. The van der Waals surface area contributed by atoms with Crippen LogP contribution in [0.25, 0.3) is 0 Å². The Morgan fingerprint density at radius 3 is 2.30 bits per heavy atom. The molecule has 5 saturated heterocycles. The first kappa shape index (κ1) is 44.6. The molecule has 0 aromatic rings. The third kappa shape index (κ3) is 7.70. The van der Waals surface area contributed by atoms with Gasteiger partial charge in [-0.2, -0.15) is 0 Å². The van der Waals surface area contributed by atoms with Gasteiger partial charge in [-0.1, -0.05) is 27.7 Å². The summed E-state index contributed by atoms with van der Waals surface area (Å²) in [6.45, 7) is 10.1. The number of ketones is 1. The van der Waals surface area contributed by atoms with Crippen LogP contribution >= 0.6 is 0 Å². The zero-order valence-electron chi connectivity index (χ0n) is 36.1. The fraction of sp³-hybridized carbons (Fsp3) is 0.955. The van der Waals surface area contributed by atoms with Crippen molar-refractivity contribution in [1.29, 1.82) is 0 Å². The van der Waals surface area contributed by atoms with Crippen LogP contribution < -0.4 is 5.43 Å². The number of Topliss-reactive ketones (excluding diaryl/α,β-unsaturated/α-hetero) is 1. The number of ether oxygens (including phenoxy) is 7. The first-order valence-electron chi connectivity index (χ1n) is 23.2. The van der Waals surface area contributed by atoms with Gasteiger partial charge in [-0.05, 0) is 98.2 Å². The van der Waals surface area contributed by atoms with Gasteiger partial charge >= 0.3 is 6.09 Å². The summed E-state index contributed by atoms with van der Waals surface area (Å²) in [6.07, 6.45) is -7.06. The maximum atomic E-state index is 14.6. The van der Waals surface area contributed by atoms with Crippen molar-refractivity contribution >= 4 is 11.9 Å². The zero-order valence-corrected chi connectivity index (χ0v) is 36.1. The molecular formula is C44H70N2O15. The minimum absolute atomic E-state index is 0.0367. The average molecular weight is 867 g/mol. The van der Waals surface area contributed by atoms with Gasteiger partial charge in [0, 0.05) is 37.8 Å². The van der Waals surface area contributed by atoms with Gasteiger partial charge in [-0.3, -0.25) is 10.2 Å². The molecule has 0 aromatic heterocycles. The smallest absolute Gasteiger partial charge is 0.421 e. The van der Waals surface area contributed by atoms with Crippen molar-refractivity contribution < 1.29 is 73.4 Å². The van der Waals surface area contributed by atoms with Crippen LogP contribution in [-0.4, -0.2) is 160 Å². The second-order valence-corrected chi connectivity index (χ2v) is 20.9. The molecule has 0 unspecified atom stereocenters. The summed E-state index contributed by atoms with van der Waals surface area (Å²) in [7, 11) is 0. The number of fused-ring (bicyclic) bond motifs is 7. The Labute approximate surface area is 358 Å². The van der Waals surface area contributed by atoms with Gasteiger partial charge in [0.2, 0.25) is 0 Å². The number of nitrogens with zero attached hydrogens (tertiary/aromatic N) is 1. The fourth-order valence-corrected chi connectivity index (χ4v) is 14.2. The number of carbonyl (C=O) groups excluding carboxylic acids is 2. The highest BCUT2D eigenvalue weighted by Crippen LogP contribution is 2.70. The standard InChI is InChI=1S/C44H70N2O15/c1-21-9-12-44(56-19-21)22(2)31-28(61-44)16-26-25-8-7-23-15-24(10-11-42(23,3)32(25)27(48)17-43(26,31)4)57-39-37(53)35(51)38(29(18-47)58-39)60-40-36(52)34(50)33(49)30(59-40)20-55-41(54)45-46-13-5-6-14-46/h21-26,28-40,47,49-53H,5-20H2,1-4H3,(H,45,54)/t21-,22+,23+,24+,25+,26+,28+,29-,30-,31+,32-,33-,34+,35-,36-,37-,38-,39-,40+,42+,43+,44-/m1/s1. The highest BCUT2D eigenvalue weighted by molar-refractivity contribution is 5.84. The lowest BCUT2D eigenvalue weighted by molar-refractivity contribution is -0.364. The van der Waals surface area contributed by atoms with E-state index in [2.05, 4.69) is 33.1 Å². The predicted octanol–water partition coefficient (Wildman–Crippen LogP) is 1.37. The third-order valence-corrected chi connectivity index (χ3v) is 17.4. The first-order valence-corrected chi connectivity index (χ1v) is 23.2. The summed E-state index contributed by atoms with van der Waals surface area (Å²) in [4.78, 5) is 26.9. The highest BCUT2D eigenvalue weighted by atomic mass is 16.7. The number of amides is 1. The topological polar surface area (TPSA) is 235 Å². The molecule has 22 atom stereocenters. The number of carbonyl (C=O) groups is 2. The van der Waals surface area contributed by atoms with Crippen molar-refractivity contribution in [2.24, 2.45) is 52.3 Å². The van der Waals surface area contributed by atoms with Crippen molar-refractivity contribution in [3.63, 3.8) is 0 Å². The molecule has 5 aliphatic heterocycles. The number of hydrogen-bond donors (Lipinski definition) is 7. The maximum Gasteiger partial charge on any atom is 0.421 e. The number of aliphatic hydroxyl groups is 6. The Balaban J connectivity index is 0.807. The fourth-order valence-electron chi connectivity index (χ4n) is 14.2. The predicted molar refractivity (Wildman–Crippen MR) is 212 cm³/mol. The van der Waals surface area contributed by atoms with Crippen molar-refractivity contribution in [3.05, 3.63) is 0 Å². The normalized spacial score (nSPS) is 53.5. The number of hydrazine groups is 1. The molecule has 17 heteroatoms. The van der Waals surface area contributed by atoms with Gasteiger partial charge in [0.15, 0.2) is 18.4 Å². The second-order valence-electron chi connectivity index (χ2n) is 20.9. The number of rotatable bonds is 8. The lowest BCUT2D eigenvalue weighted by Crippen LogP contribution is -2.65. The Kier molecular flexibility index (Phi) is 12.4. The molecule has 9 aliphatic rings. The van der Waals surface area contributed by atoms with Crippen LogP contribution in [0.3, 0.4) is 0 Å². The first-order chi connectivity index (χ1) is 29.1. The molecule has 7 N–H and O–H groups in total. The minimum Gasteiger partial charge on any atom is -0.446 e. The van der Waals surface area contributed by atoms with Crippen LogP contribution in [0, 0.1) is 52.3 Å². The molecular weight excluding hydrogens is 796 g/mol. The molecule has 0 bridgehead atoms. The minimum atomic E-state index is -1.80. The Bertz CT molecular complexity index is 1590. The number of aliphatic hydroxyl groups excluding tert-OH is 6. The van der Waals surface area contributed by atoms with Crippen molar-refractivity contribution in [1.82, 2.24) is 10.4 Å². The SMILES string of the molecule is C[C@@H]1CC[C@@]2(OC1)O[C@H]1C[C@H]3[C@@H]4CC[C@H]5C[C@@H](O[C@@H]6O[C@H](CO)[C@@H](O[C@@H]7O[C@H](COC(=O)NN8CCCC8)[C@@H](O)[C@H](O)[C@H]7O)[C@H](O)[C@H]6O)CC[C@]5(C)[C@H]4C(=O)C[C@]3(C)[C@H]1[C@@H]2C.